The molecule has 1 N–H and O–H groups in total. The number of hydrogen-bond acceptors (Lipinski definition) is 3. The highest BCUT2D eigenvalue weighted by Gasteiger charge is 2.35. The van der Waals surface area contributed by atoms with E-state index in [0.717, 1.165) is 43.0 Å². The molecule has 2 aliphatic rings. The van der Waals surface area contributed by atoms with Gasteiger partial charge in [0.05, 0.1) is 7.11 Å². The number of guanidine groups is 1. The van der Waals surface area contributed by atoms with Crippen LogP contribution in [0.15, 0.2) is 23.2 Å². The first kappa shape index (κ1) is 17.1. The lowest BCUT2D eigenvalue weighted by Crippen LogP contribution is -2.40. The molecule has 2 atom stereocenters. The van der Waals surface area contributed by atoms with Crippen molar-refractivity contribution in [3.8, 4) is 5.88 Å². The van der Waals surface area contributed by atoms with Crippen LogP contribution in [0.3, 0.4) is 0 Å². The molecule has 24 heavy (non-hydrogen) atoms. The maximum atomic E-state index is 5.19. The molecule has 2 heterocycles. The average Bonchev–Trinajstić information content (AvgIpc) is 3.05. The lowest BCUT2D eigenvalue weighted by atomic mass is 9.82. The summed E-state index contributed by atoms with van der Waals surface area (Å²) in [6, 6.07) is 5.90. The Balaban J connectivity index is 1.59. The van der Waals surface area contributed by atoms with Gasteiger partial charge in [-0.2, -0.15) is 0 Å². The zero-order valence-corrected chi connectivity index (χ0v) is 15.0. The first-order chi connectivity index (χ1) is 11.8. The van der Waals surface area contributed by atoms with E-state index in [0.29, 0.717) is 5.88 Å². The van der Waals surface area contributed by atoms with Crippen molar-refractivity contribution in [1.82, 2.24) is 15.2 Å². The Hall–Kier alpha value is -1.78. The summed E-state index contributed by atoms with van der Waals surface area (Å²) in [7, 11) is 1.65. The standard InChI is InChI=1S/C19H30N4O/c1-3-20-19(23-13-15-7-4-5-8-16(15)14-23)21-12-11-17-9-6-10-18(22-17)24-2/h6,9-10,15-16H,3-5,7-8,11-14H2,1-2H3,(H,20,21). The van der Waals surface area contributed by atoms with Crippen LogP contribution >= 0.6 is 0 Å². The van der Waals surface area contributed by atoms with Gasteiger partial charge in [-0.15, -0.1) is 0 Å². The van der Waals surface area contributed by atoms with Crippen LogP contribution in [-0.4, -0.2) is 49.1 Å². The van der Waals surface area contributed by atoms with Crippen LogP contribution in [0.1, 0.15) is 38.3 Å². The van der Waals surface area contributed by atoms with E-state index in [-0.39, 0.29) is 0 Å². The van der Waals surface area contributed by atoms with Crippen molar-refractivity contribution >= 4 is 5.96 Å². The Morgan fingerprint density at radius 3 is 2.71 bits per heavy atom. The molecule has 0 amide bonds. The van der Waals surface area contributed by atoms with Crippen LogP contribution in [0.2, 0.25) is 0 Å². The van der Waals surface area contributed by atoms with Crippen LogP contribution in [-0.2, 0) is 6.42 Å². The molecule has 5 heteroatoms. The van der Waals surface area contributed by atoms with Crippen molar-refractivity contribution < 1.29 is 4.74 Å². The quantitative estimate of drug-likeness (QED) is 0.666. The topological polar surface area (TPSA) is 49.8 Å². The van der Waals surface area contributed by atoms with E-state index in [9.17, 15) is 0 Å². The molecule has 5 nitrogen and oxygen atoms in total. The highest BCUT2D eigenvalue weighted by atomic mass is 16.5. The minimum Gasteiger partial charge on any atom is -0.481 e. The minimum absolute atomic E-state index is 0.673. The molecule has 1 aromatic heterocycles. The predicted molar refractivity (Wildman–Crippen MR) is 97.5 cm³/mol. The Kier molecular flexibility index (Phi) is 5.94. The van der Waals surface area contributed by atoms with E-state index < -0.39 is 0 Å². The second-order valence-electron chi connectivity index (χ2n) is 6.87. The smallest absolute Gasteiger partial charge is 0.213 e. The second-order valence-corrected chi connectivity index (χ2v) is 6.87. The van der Waals surface area contributed by atoms with Gasteiger partial charge in [0.1, 0.15) is 0 Å². The molecule has 0 radical (unpaired) electrons. The number of pyridine rings is 1. The Morgan fingerprint density at radius 1 is 1.29 bits per heavy atom. The summed E-state index contributed by atoms with van der Waals surface area (Å²) < 4.78 is 5.19. The van der Waals surface area contributed by atoms with E-state index in [1.54, 1.807) is 7.11 Å². The summed E-state index contributed by atoms with van der Waals surface area (Å²) in [6.45, 7) is 6.17. The normalized spacial score (nSPS) is 23.9. The van der Waals surface area contributed by atoms with Gasteiger partial charge in [-0.25, -0.2) is 4.98 Å². The zero-order chi connectivity index (χ0) is 16.8. The van der Waals surface area contributed by atoms with Gasteiger partial charge >= 0.3 is 0 Å². The molecule has 1 aromatic rings. The van der Waals surface area contributed by atoms with Crippen LogP contribution in [0.5, 0.6) is 5.88 Å². The Bertz CT molecular complexity index is 546. The number of methoxy groups -OCH3 is 1. The molecular formula is C19H30N4O. The fraction of sp³-hybridized carbons (Fsp3) is 0.684. The molecule has 1 aliphatic heterocycles. The van der Waals surface area contributed by atoms with E-state index in [1.165, 1.54) is 38.8 Å². The van der Waals surface area contributed by atoms with Crippen LogP contribution in [0.4, 0.5) is 0 Å². The Labute approximate surface area is 145 Å². The average molecular weight is 330 g/mol. The third-order valence-corrected chi connectivity index (χ3v) is 5.23. The number of aliphatic imine (C=N–C) groups is 1. The number of aromatic nitrogens is 1. The van der Waals surface area contributed by atoms with Crippen molar-refractivity contribution in [2.45, 2.75) is 39.0 Å². The summed E-state index contributed by atoms with van der Waals surface area (Å²) in [5, 5.41) is 3.47. The molecular weight excluding hydrogens is 300 g/mol. The van der Waals surface area contributed by atoms with Crippen molar-refractivity contribution in [1.29, 1.82) is 0 Å². The number of fused-ring (bicyclic) bond motifs is 1. The SMILES string of the molecule is CCNC(=NCCc1cccc(OC)n1)N1CC2CCCCC2C1. The molecule has 2 fully saturated rings. The van der Waals surface area contributed by atoms with Gasteiger partial charge in [-0.1, -0.05) is 18.9 Å². The lowest BCUT2D eigenvalue weighted by Gasteiger charge is -2.22. The van der Waals surface area contributed by atoms with E-state index in [2.05, 4.69) is 22.1 Å². The van der Waals surface area contributed by atoms with Crippen molar-refractivity contribution in [2.75, 3.05) is 33.3 Å². The summed E-state index contributed by atoms with van der Waals surface area (Å²) >= 11 is 0. The molecule has 0 bridgehead atoms. The van der Waals surface area contributed by atoms with Gasteiger partial charge < -0.3 is 15.0 Å². The van der Waals surface area contributed by atoms with E-state index in [4.69, 9.17) is 9.73 Å². The Morgan fingerprint density at radius 2 is 2.04 bits per heavy atom. The second kappa shape index (κ2) is 8.36. The summed E-state index contributed by atoms with van der Waals surface area (Å²) in [5.74, 6) is 3.51. The minimum atomic E-state index is 0.673. The first-order valence-electron chi connectivity index (χ1n) is 9.33. The largest absolute Gasteiger partial charge is 0.481 e. The number of nitrogens with zero attached hydrogens (tertiary/aromatic N) is 3. The summed E-state index contributed by atoms with van der Waals surface area (Å²) in [4.78, 5) is 11.8. The van der Waals surface area contributed by atoms with Crippen molar-refractivity contribution in [2.24, 2.45) is 16.8 Å². The maximum absolute atomic E-state index is 5.19. The highest BCUT2D eigenvalue weighted by molar-refractivity contribution is 5.80. The molecule has 132 valence electrons. The van der Waals surface area contributed by atoms with E-state index >= 15 is 0 Å². The molecule has 1 saturated carbocycles. The number of hydrogen-bond donors (Lipinski definition) is 1. The van der Waals surface area contributed by atoms with Gasteiger partial charge in [0.25, 0.3) is 0 Å². The monoisotopic (exact) mass is 330 g/mol. The third-order valence-electron chi connectivity index (χ3n) is 5.23. The third kappa shape index (κ3) is 4.19. The fourth-order valence-corrected chi connectivity index (χ4v) is 3.99. The fourth-order valence-electron chi connectivity index (χ4n) is 3.99. The van der Waals surface area contributed by atoms with Crippen LogP contribution in [0.25, 0.3) is 0 Å². The van der Waals surface area contributed by atoms with Crippen LogP contribution < -0.4 is 10.1 Å². The highest BCUT2D eigenvalue weighted by Crippen LogP contribution is 2.35. The zero-order valence-electron chi connectivity index (χ0n) is 15.0. The lowest BCUT2D eigenvalue weighted by molar-refractivity contribution is 0.299. The van der Waals surface area contributed by atoms with Gasteiger partial charge in [0, 0.05) is 44.4 Å². The maximum Gasteiger partial charge on any atom is 0.213 e. The molecule has 0 spiro atoms. The summed E-state index contributed by atoms with van der Waals surface area (Å²) in [5.41, 5.74) is 1.03. The summed E-state index contributed by atoms with van der Waals surface area (Å²) in [6.07, 6.45) is 6.45. The van der Waals surface area contributed by atoms with Gasteiger partial charge in [-0.05, 0) is 37.7 Å². The van der Waals surface area contributed by atoms with Crippen molar-refractivity contribution in [3.05, 3.63) is 23.9 Å². The van der Waals surface area contributed by atoms with Crippen LogP contribution in [0, 0.1) is 11.8 Å². The van der Waals surface area contributed by atoms with Gasteiger partial charge in [0.15, 0.2) is 5.96 Å². The predicted octanol–water partition coefficient (Wildman–Crippen LogP) is 2.72. The van der Waals surface area contributed by atoms with Gasteiger partial charge in [0.2, 0.25) is 5.88 Å². The van der Waals surface area contributed by atoms with Crippen molar-refractivity contribution in [3.63, 3.8) is 0 Å². The number of ether oxygens (including phenoxy) is 1. The van der Waals surface area contributed by atoms with E-state index in [1.807, 2.05) is 18.2 Å². The molecule has 1 saturated heterocycles. The number of rotatable bonds is 5. The van der Waals surface area contributed by atoms with Gasteiger partial charge in [-0.3, -0.25) is 4.99 Å². The number of likely N-dealkylation sites (tertiary alicyclic amines) is 1. The molecule has 2 unspecified atom stereocenters. The number of nitrogens with one attached hydrogen (secondary N) is 1. The molecule has 0 aromatic carbocycles. The molecule has 1 aliphatic carbocycles. The molecule has 3 rings (SSSR count). The first-order valence-corrected chi connectivity index (χ1v) is 9.33.